The van der Waals surface area contributed by atoms with E-state index in [1.807, 2.05) is 0 Å². The summed E-state index contributed by atoms with van der Waals surface area (Å²) in [6, 6.07) is 9.32. The number of nitrogens with zero attached hydrogens (tertiary/aromatic N) is 5. The van der Waals surface area contributed by atoms with Crippen LogP contribution in [0.15, 0.2) is 67.1 Å². The molecule has 0 bridgehead atoms. The first-order chi connectivity index (χ1) is 18.2. The first kappa shape index (κ1) is 28.1. The van der Waals surface area contributed by atoms with Crippen molar-refractivity contribution in [3.8, 4) is 16.9 Å². The lowest BCUT2D eigenvalue weighted by molar-refractivity contribution is -0.220. The number of tetrazole rings is 1. The van der Waals surface area contributed by atoms with Gasteiger partial charge in [0.1, 0.15) is 45.1 Å². The highest BCUT2D eigenvalue weighted by molar-refractivity contribution is 6.38. The van der Waals surface area contributed by atoms with Crippen molar-refractivity contribution in [1.82, 2.24) is 25.2 Å². The molecule has 39 heavy (non-hydrogen) atoms. The van der Waals surface area contributed by atoms with Gasteiger partial charge < -0.3 is 9.84 Å². The van der Waals surface area contributed by atoms with Crippen LogP contribution in [0, 0.1) is 11.6 Å². The molecular formula is C23H18B2F7N5O2. The molecule has 2 aromatic carbocycles. The lowest BCUT2D eigenvalue weighted by Crippen LogP contribution is -2.63. The minimum absolute atomic E-state index is 0.0524. The highest BCUT2D eigenvalue weighted by Crippen LogP contribution is 2.52. The van der Waals surface area contributed by atoms with Crippen molar-refractivity contribution in [3.63, 3.8) is 0 Å². The molecular weight excluding hydrogens is 533 g/mol. The van der Waals surface area contributed by atoms with Gasteiger partial charge in [0.15, 0.2) is 12.2 Å². The van der Waals surface area contributed by atoms with Gasteiger partial charge in [0, 0.05) is 28.7 Å². The summed E-state index contributed by atoms with van der Waals surface area (Å²) in [5.41, 5.74) is -4.53. The maximum Gasteiger partial charge on any atom is 0.422 e. The third kappa shape index (κ3) is 5.20. The molecule has 202 valence electrons. The summed E-state index contributed by atoms with van der Waals surface area (Å²) in [5.74, 6) is -6.82. The summed E-state index contributed by atoms with van der Waals surface area (Å²) in [6.45, 7) is -1.48. The minimum Gasteiger partial charge on any atom is -0.484 e. The summed E-state index contributed by atoms with van der Waals surface area (Å²) in [5, 5.41) is 20.0. The molecule has 0 saturated heterocycles. The molecule has 0 saturated carbocycles. The fourth-order valence-electron chi connectivity index (χ4n) is 4.09. The van der Waals surface area contributed by atoms with E-state index in [1.165, 1.54) is 30.3 Å². The highest BCUT2D eigenvalue weighted by Gasteiger charge is 2.65. The van der Waals surface area contributed by atoms with E-state index >= 15 is 8.78 Å². The van der Waals surface area contributed by atoms with Gasteiger partial charge in [-0.25, -0.2) is 13.5 Å². The largest absolute Gasteiger partial charge is 0.484 e. The molecule has 7 nitrogen and oxygen atoms in total. The molecule has 0 amide bonds. The van der Waals surface area contributed by atoms with Gasteiger partial charge in [-0.2, -0.15) is 22.0 Å². The quantitative estimate of drug-likeness (QED) is 0.268. The van der Waals surface area contributed by atoms with Gasteiger partial charge in [-0.3, -0.25) is 4.98 Å². The van der Waals surface area contributed by atoms with Gasteiger partial charge in [0.25, 0.3) is 0 Å². The zero-order valence-corrected chi connectivity index (χ0v) is 20.3. The molecule has 2 heterocycles. The predicted octanol–water partition coefficient (Wildman–Crippen LogP) is 2.51. The van der Waals surface area contributed by atoms with Gasteiger partial charge in [0.2, 0.25) is 0 Å². The van der Waals surface area contributed by atoms with E-state index in [-0.39, 0.29) is 5.75 Å². The summed E-state index contributed by atoms with van der Waals surface area (Å²) < 4.78 is 104. The fourth-order valence-corrected chi connectivity index (χ4v) is 4.09. The molecule has 0 fully saturated rings. The van der Waals surface area contributed by atoms with Gasteiger partial charge in [0.05, 0.1) is 0 Å². The first-order valence-electron chi connectivity index (χ1n) is 11.2. The fraction of sp³-hybridized carbons (Fsp3) is 0.217. The average Bonchev–Trinajstić information content (AvgIpc) is 3.43. The molecule has 0 aliphatic heterocycles. The maximum absolute atomic E-state index is 16.3. The SMILES string of the molecule is BC(B)(n1cnnn1)C(O)(c1ccc(F)cc1F)C(F)(F)c1ccc(-c2ccc(OCC(F)(F)F)cc2)cn1. The second-order valence-corrected chi connectivity index (χ2v) is 9.08. The number of ether oxygens (including phenoxy) is 1. The predicted molar refractivity (Wildman–Crippen MR) is 128 cm³/mol. The maximum atomic E-state index is 16.3. The van der Waals surface area contributed by atoms with Crippen molar-refractivity contribution < 1.29 is 40.6 Å². The molecule has 1 unspecified atom stereocenters. The van der Waals surface area contributed by atoms with E-state index in [4.69, 9.17) is 0 Å². The Hall–Kier alpha value is -3.94. The van der Waals surface area contributed by atoms with Crippen LogP contribution in [0.5, 0.6) is 5.75 Å². The van der Waals surface area contributed by atoms with Crippen LogP contribution in [0.2, 0.25) is 0 Å². The Morgan fingerprint density at radius 1 is 0.897 bits per heavy atom. The summed E-state index contributed by atoms with van der Waals surface area (Å²) >= 11 is 0. The van der Waals surface area contributed by atoms with Crippen LogP contribution in [0.3, 0.4) is 0 Å². The Morgan fingerprint density at radius 3 is 2.10 bits per heavy atom. The topological polar surface area (TPSA) is 86.0 Å². The normalized spacial score (nSPS) is 14.2. The second kappa shape index (κ2) is 9.98. The summed E-state index contributed by atoms with van der Waals surface area (Å²) in [4.78, 5) is 3.80. The summed E-state index contributed by atoms with van der Waals surface area (Å²) in [6.07, 6.45) is -2.50. The summed E-state index contributed by atoms with van der Waals surface area (Å²) in [7, 11) is 2.30. The molecule has 4 rings (SSSR count). The minimum atomic E-state index is -4.51. The lowest BCUT2D eigenvalue weighted by atomic mass is 9.49. The number of aliphatic hydroxyl groups is 1. The number of hydrogen-bond donors (Lipinski definition) is 1. The molecule has 1 atom stereocenters. The second-order valence-electron chi connectivity index (χ2n) is 9.08. The monoisotopic (exact) mass is 551 g/mol. The molecule has 1 N–H and O–H groups in total. The van der Waals surface area contributed by atoms with Gasteiger partial charge >= 0.3 is 12.1 Å². The van der Waals surface area contributed by atoms with Gasteiger partial charge in [-0.05, 0) is 40.3 Å². The zero-order chi connectivity index (χ0) is 28.6. The number of rotatable bonds is 8. The molecule has 16 heteroatoms. The van der Waals surface area contributed by atoms with Crippen LogP contribution in [0.25, 0.3) is 11.1 Å². The Bertz CT molecular complexity index is 1440. The smallest absolute Gasteiger partial charge is 0.422 e. The Balaban J connectivity index is 1.72. The number of hydrogen-bond acceptors (Lipinski definition) is 6. The van der Waals surface area contributed by atoms with Crippen molar-refractivity contribution >= 4 is 15.7 Å². The Kier molecular flexibility index (Phi) is 7.19. The molecule has 2 aromatic heterocycles. The number of benzene rings is 2. The third-order valence-electron chi connectivity index (χ3n) is 6.26. The lowest BCUT2D eigenvalue weighted by Gasteiger charge is -2.47. The standard InChI is InChI=1S/C23H18B2F7N5O2/c24-23(25,37-12-34-35-36-37)21(38,17-7-4-15(26)9-18(17)27)22(31,32)19-8-3-14(10-33-19)13-1-5-16(6-2-13)39-11-20(28,29)30/h1-10,12,38H,11,24-25H2. The molecule has 4 aromatic rings. The van der Waals surface area contributed by atoms with E-state index in [2.05, 4.69) is 25.2 Å². The van der Waals surface area contributed by atoms with Crippen LogP contribution in [0.1, 0.15) is 11.3 Å². The first-order valence-corrected chi connectivity index (χ1v) is 11.2. The van der Waals surface area contributed by atoms with Crippen LogP contribution in [0.4, 0.5) is 30.7 Å². The number of halogens is 7. The van der Waals surface area contributed by atoms with E-state index in [0.29, 0.717) is 23.3 Å². The average molecular weight is 551 g/mol. The van der Waals surface area contributed by atoms with Crippen molar-refractivity contribution in [2.45, 2.75) is 23.0 Å². The van der Waals surface area contributed by atoms with Crippen LogP contribution >= 0.6 is 0 Å². The number of alkyl halides is 5. The van der Waals surface area contributed by atoms with E-state index < -0.39 is 52.5 Å². The molecule has 0 aliphatic carbocycles. The van der Waals surface area contributed by atoms with Crippen molar-refractivity contribution in [2.75, 3.05) is 6.61 Å². The van der Waals surface area contributed by atoms with Crippen LogP contribution in [-0.4, -0.2) is 58.8 Å². The van der Waals surface area contributed by atoms with Crippen molar-refractivity contribution in [2.24, 2.45) is 0 Å². The highest BCUT2D eigenvalue weighted by atomic mass is 19.4. The van der Waals surface area contributed by atoms with Gasteiger partial charge in [-0.1, -0.05) is 24.3 Å². The Labute approximate surface area is 218 Å². The van der Waals surface area contributed by atoms with E-state index in [0.717, 1.165) is 45.0 Å². The number of aromatic nitrogens is 5. The molecule has 0 aliphatic rings. The van der Waals surface area contributed by atoms with E-state index in [9.17, 15) is 27.1 Å². The van der Waals surface area contributed by atoms with Gasteiger partial charge in [-0.15, -0.1) is 5.10 Å². The zero-order valence-electron chi connectivity index (χ0n) is 20.3. The van der Waals surface area contributed by atoms with Crippen LogP contribution in [-0.2, 0) is 16.9 Å². The third-order valence-corrected chi connectivity index (χ3v) is 6.26. The van der Waals surface area contributed by atoms with Crippen molar-refractivity contribution in [3.05, 3.63) is 90.0 Å². The van der Waals surface area contributed by atoms with E-state index in [1.54, 1.807) is 0 Å². The number of pyridine rings is 1. The van der Waals surface area contributed by atoms with Crippen molar-refractivity contribution in [1.29, 1.82) is 0 Å². The Morgan fingerprint density at radius 2 is 1.56 bits per heavy atom. The molecule has 0 radical (unpaired) electrons. The van der Waals surface area contributed by atoms with Crippen LogP contribution < -0.4 is 4.74 Å². The molecule has 0 spiro atoms.